The zero-order valence-electron chi connectivity index (χ0n) is 13.6. The highest BCUT2D eigenvalue weighted by atomic mass is 16.5. The molecule has 0 bridgehead atoms. The third-order valence-electron chi connectivity index (χ3n) is 5.05. The van der Waals surface area contributed by atoms with Crippen molar-refractivity contribution in [3.8, 4) is 0 Å². The second kappa shape index (κ2) is 6.96. The molecule has 22 heavy (non-hydrogen) atoms. The van der Waals surface area contributed by atoms with E-state index in [1.54, 1.807) is 0 Å². The molecule has 0 aliphatic carbocycles. The molecule has 0 atom stereocenters. The molecule has 0 aromatic rings. The van der Waals surface area contributed by atoms with Crippen LogP contribution < -0.4 is 5.43 Å². The Kier molecular flexibility index (Phi) is 4.98. The fourth-order valence-corrected chi connectivity index (χ4v) is 3.89. The molecular formula is C16H28N4O2. The van der Waals surface area contributed by atoms with E-state index in [2.05, 4.69) is 20.3 Å². The van der Waals surface area contributed by atoms with Gasteiger partial charge in [0.25, 0.3) is 0 Å². The van der Waals surface area contributed by atoms with Gasteiger partial charge in [-0.2, -0.15) is 5.10 Å². The second-order valence-corrected chi connectivity index (χ2v) is 6.48. The highest BCUT2D eigenvalue weighted by Crippen LogP contribution is 2.32. The summed E-state index contributed by atoms with van der Waals surface area (Å²) in [5.41, 5.74) is 3.88. The number of likely N-dealkylation sites (tertiary alicyclic amines) is 2. The molecule has 0 aromatic heterocycles. The molecule has 2 fully saturated rings. The minimum absolute atomic E-state index is 0.272. The number of hydrogen-bond donors (Lipinski definition) is 1. The topological polar surface area (TPSA) is 57.2 Å². The molecular weight excluding hydrogens is 280 g/mol. The zero-order chi connectivity index (χ0) is 15.4. The van der Waals surface area contributed by atoms with Crippen LogP contribution in [-0.4, -0.2) is 60.1 Å². The van der Waals surface area contributed by atoms with Gasteiger partial charge in [0.1, 0.15) is 0 Å². The van der Waals surface area contributed by atoms with Gasteiger partial charge in [-0.1, -0.05) is 12.8 Å². The van der Waals surface area contributed by atoms with Gasteiger partial charge in [0.05, 0.1) is 13.0 Å². The average Bonchev–Trinajstić information content (AvgIpc) is 3.03. The Hall–Kier alpha value is -1.14. The summed E-state index contributed by atoms with van der Waals surface area (Å²) in [7, 11) is 0. The number of carbonyl (C=O) groups excluding carboxylic acids is 1. The van der Waals surface area contributed by atoms with E-state index in [0.29, 0.717) is 18.7 Å². The highest BCUT2D eigenvalue weighted by Gasteiger charge is 2.48. The van der Waals surface area contributed by atoms with E-state index in [1.807, 2.05) is 6.92 Å². The van der Waals surface area contributed by atoms with E-state index in [9.17, 15) is 4.79 Å². The van der Waals surface area contributed by atoms with E-state index in [-0.39, 0.29) is 11.8 Å². The number of hydrogen-bond acceptors (Lipinski definition) is 6. The van der Waals surface area contributed by atoms with Crippen LogP contribution in [0.4, 0.5) is 0 Å². The highest BCUT2D eigenvalue weighted by molar-refractivity contribution is 6.37. The summed E-state index contributed by atoms with van der Waals surface area (Å²) in [4.78, 5) is 17.1. The molecule has 3 heterocycles. The fraction of sp³-hybridized carbons (Fsp3) is 0.875. The third kappa shape index (κ3) is 2.99. The van der Waals surface area contributed by atoms with Crippen molar-refractivity contribution in [1.82, 2.24) is 15.2 Å². The van der Waals surface area contributed by atoms with E-state index in [1.165, 1.54) is 38.5 Å². The molecule has 1 N–H and O–H groups in total. The molecule has 3 aliphatic heterocycles. The van der Waals surface area contributed by atoms with Gasteiger partial charge in [-0.15, -0.1) is 0 Å². The predicted octanol–water partition coefficient (Wildman–Crippen LogP) is 1.52. The molecule has 0 unspecified atom stereocenters. The summed E-state index contributed by atoms with van der Waals surface area (Å²) in [5, 5.41) is 4.37. The summed E-state index contributed by atoms with van der Waals surface area (Å²) in [6.07, 6.45) is 8.15. The Labute approximate surface area is 132 Å². The van der Waals surface area contributed by atoms with Gasteiger partial charge in [0.15, 0.2) is 11.5 Å². The standard InChI is InChI=1S/C16H28N4O2/c1-2-22-15(21)14-13-16(18-17-14,19-9-5-3-6-10-19)20-11-7-4-8-12-20/h18H,2-13H2,1H3. The third-order valence-corrected chi connectivity index (χ3v) is 5.05. The van der Waals surface area contributed by atoms with Gasteiger partial charge >= 0.3 is 5.97 Å². The summed E-state index contributed by atoms with van der Waals surface area (Å²) < 4.78 is 5.15. The van der Waals surface area contributed by atoms with Crippen molar-refractivity contribution in [1.29, 1.82) is 0 Å². The number of nitrogens with one attached hydrogen (secondary N) is 1. The number of nitrogens with zero attached hydrogens (tertiary/aromatic N) is 3. The maximum Gasteiger partial charge on any atom is 0.354 e. The van der Waals surface area contributed by atoms with Crippen LogP contribution in [-0.2, 0) is 9.53 Å². The van der Waals surface area contributed by atoms with Crippen molar-refractivity contribution >= 4 is 11.7 Å². The van der Waals surface area contributed by atoms with Crippen molar-refractivity contribution in [2.75, 3.05) is 32.8 Å². The monoisotopic (exact) mass is 308 g/mol. The van der Waals surface area contributed by atoms with Crippen LogP contribution in [0.15, 0.2) is 5.10 Å². The van der Waals surface area contributed by atoms with Crippen molar-refractivity contribution in [2.24, 2.45) is 5.10 Å². The molecule has 0 amide bonds. The summed E-state index contributed by atoms with van der Waals surface area (Å²) in [6.45, 7) is 6.55. The largest absolute Gasteiger partial charge is 0.461 e. The molecule has 3 aliphatic rings. The van der Waals surface area contributed by atoms with Crippen LogP contribution >= 0.6 is 0 Å². The lowest BCUT2D eigenvalue weighted by Crippen LogP contribution is -2.68. The van der Waals surface area contributed by atoms with Crippen LogP contribution in [0.25, 0.3) is 0 Å². The number of esters is 1. The Balaban J connectivity index is 1.77. The summed E-state index contributed by atoms with van der Waals surface area (Å²) in [6, 6.07) is 0. The fourth-order valence-electron chi connectivity index (χ4n) is 3.89. The first-order chi connectivity index (χ1) is 10.8. The molecule has 0 spiro atoms. The predicted molar refractivity (Wildman–Crippen MR) is 85.4 cm³/mol. The van der Waals surface area contributed by atoms with Crippen molar-refractivity contribution in [3.05, 3.63) is 0 Å². The quantitative estimate of drug-likeness (QED) is 0.798. The van der Waals surface area contributed by atoms with Gasteiger partial charge in [-0.25, -0.2) is 4.79 Å². The molecule has 2 saturated heterocycles. The summed E-state index contributed by atoms with van der Waals surface area (Å²) >= 11 is 0. The molecule has 0 radical (unpaired) electrons. The number of carbonyl (C=O) groups is 1. The molecule has 3 rings (SSSR count). The molecule has 6 heteroatoms. The Morgan fingerprint density at radius 1 is 1.09 bits per heavy atom. The van der Waals surface area contributed by atoms with Gasteiger partial charge < -0.3 is 4.74 Å². The van der Waals surface area contributed by atoms with Gasteiger partial charge in [-0.3, -0.25) is 15.2 Å². The normalized spacial score (nSPS) is 26.3. The number of ether oxygens (including phenoxy) is 1. The van der Waals surface area contributed by atoms with Crippen molar-refractivity contribution in [2.45, 2.75) is 57.7 Å². The molecule has 0 saturated carbocycles. The van der Waals surface area contributed by atoms with Crippen LogP contribution in [0.5, 0.6) is 0 Å². The SMILES string of the molecule is CCOC(=O)C1=NNC(N2CCCCC2)(N2CCCCC2)C1. The van der Waals surface area contributed by atoms with Crippen molar-refractivity contribution < 1.29 is 9.53 Å². The summed E-state index contributed by atoms with van der Waals surface area (Å²) in [5.74, 6) is -0.575. The van der Waals surface area contributed by atoms with E-state index >= 15 is 0 Å². The number of piperidine rings is 2. The minimum Gasteiger partial charge on any atom is -0.461 e. The minimum atomic E-state index is -0.303. The van der Waals surface area contributed by atoms with E-state index in [4.69, 9.17) is 4.74 Å². The molecule has 6 nitrogen and oxygen atoms in total. The van der Waals surface area contributed by atoms with Crippen LogP contribution in [0.2, 0.25) is 0 Å². The molecule has 0 aromatic carbocycles. The lowest BCUT2D eigenvalue weighted by atomic mass is 10.0. The van der Waals surface area contributed by atoms with Crippen LogP contribution in [0.3, 0.4) is 0 Å². The average molecular weight is 308 g/mol. The van der Waals surface area contributed by atoms with Gasteiger partial charge in [0, 0.05) is 26.2 Å². The van der Waals surface area contributed by atoms with Crippen LogP contribution in [0, 0.1) is 0 Å². The molecule has 124 valence electrons. The first kappa shape index (κ1) is 15.7. The number of rotatable bonds is 4. The van der Waals surface area contributed by atoms with Crippen LogP contribution in [0.1, 0.15) is 51.9 Å². The van der Waals surface area contributed by atoms with Gasteiger partial charge in [-0.05, 0) is 32.6 Å². The van der Waals surface area contributed by atoms with E-state index < -0.39 is 0 Å². The Morgan fingerprint density at radius 3 is 2.14 bits per heavy atom. The van der Waals surface area contributed by atoms with Gasteiger partial charge in [0.2, 0.25) is 0 Å². The van der Waals surface area contributed by atoms with Crippen molar-refractivity contribution in [3.63, 3.8) is 0 Å². The maximum absolute atomic E-state index is 12.1. The first-order valence-electron chi connectivity index (χ1n) is 8.77. The Bertz CT molecular complexity index is 408. The number of hydrazone groups is 1. The van der Waals surface area contributed by atoms with E-state index in [0.717, 1.165) is 26.2 Å². The smallest absolute Gasteiger partial charge is 0.354 e. The second-order valence-electron chi connectivity index (χ2n) is 6.48. The lowest BCUT2D eigenvalue weighted by Gasteiger charge is -2.50. The lowest BCUT2D eigenvalue weighted by molar-refractivity contribution is -0.135. The Morgan fingerprint density at radius 2 is 1.64 bits per heavy atom. The zero-order valence-corrected chi connectivity index (χ0v) is 13.6. The maximum atomic E-state index is 12.1. The first-order valence-corrected chi connectivity index (χ1v) is 8.77.